The molecule has 4 atom stereocenters. The highest BCUT2D eigenvalue weighted by molar-refractivity contribution is 5.81. The van der Waals surface area contributed by atoms with E-state index in [0.717, 1.165) is 5.92 Å². The first-order valence-electron chi connectivity index (χ1n) is 6.87. The van der Waals surface area contributed by atoms with E-state index in [4.69, 9.17) is 5.73 Å². The van der Waals surface area contributed by atoms with Crippen LogP contribution in [0.5, 0.6) is 0 Å². The number of amides is 1. The van der Waals surface area contributed by atoms with Gasteiger partial charge in [0.15, 0.2) is 0 Å². The summed E-state index contributed by atoms with van der Waals surface area (Å²) in [6.07, 6.45) is 4.52. The first-order chi connectivity index (χ1) is 7.81. The van der Waals surface area contributed by atoms with Crippen LogP contribution in [0.3, 0.4) is 0 Å². The Bertz CT molecular complexity index is 321. The molecule has 98 valence electrons. The predicted octanol–water partition coefficient (Wildman–Crippen LogP) is 2.05. The highest BCUT2D eigenvalue weighted by atomic mass is 16.2. The summed E-state index contributed by atoms with van der Waals surface area (Å²) in [5.74, 6) is 0.787. The molecule has 3 N–H and O–H groups in total. The van der Waals surface area contributed by atoms with Crippen LogP contribution >= 0.6 is 0 Å². The van der Waals surface area contributed by atoms with E-state index in [1.807, 2.05) is 6.92 Å². The molecule has 1 amide bonds. The Kier molecular flexibility index (Phi) is 3.01. The molecule has 2 saturated carbocycles. The van der Waals surface area contributed by atoms with E-state index in [1.54, 1.807) is 0 Å². The molecule has 0 aliphatic heterocycles. The van der Waals surface area contributed by atoms with E-state index < -0.39 is 0 Å². The molecule has 0 aromatic heterocycles. The molecular weight excluding hydrogens is 212 g/mol. The lowest BCUT2D eigenvalue weighted by molar-refractivity contribution is -0.125. The Labute approximate surface area is 105 Å². The van der Waals surface area contributed by atoms with Crippen molar-refractivity contribution in [1.29, 1.82) is 0 Å². The Hall–Kier alpha value is -0.570. The van der Waals surface area contributed by atoms with Crippen LogP contribution in [-0.4, -0.2) is 18.0 Å². The minimum absolute atomic E-state index is 0.0272. The van der Waals surface area contributed by atoms with Crippen molar-refractivity contribution in [2.45, 2.75) is 65.5 Å². The van der Waals surface area contributed by atoms with Crippen molar-refractivity contribution >= 4 is 5.91 Å². The van der Waals surface area contributed by atoms with Gasteiger partial charge in [0.25, 0.3) is 0 Å². The van der Waals surface area contributed by atoms with Gasteiger partial charge in [-0.1, -0.05) is 27.7 Å². The third kappa shape index (κ3) is 1.88. The van der Waals surface area contributed by atoms with Gasteiger partial charge in [0, 0.05) is 6.04 Å². The van der Waals surface area contributed by atoms with E-state index in [9.17, 15) is 4.79 Å². The van der Waals surface area contributed by atoms with Gasteiger partial charge in [0.1, 0.15) is 0 Å². The summed E-state index contributed by atoms with van der Waals surface area (Å²) < 4.78 is 0. The minimum atomic E-state index is -0.353. The molecule has 0 aromatic carbocycles. The third-order valence-electron chi connectivity index (χ3n) is 5.33. The van der Waals surface area contributed by atoms with Gasteiger partial charge in [0.2, 0.25) is 5.91 Å². The Balaban J connectivity index is 2.13. The van der Waals surface area contributed by atoms with Gasteiger partial charge in [-0.25, -0.2) is 0 Å². The van der Waals surface area contributed by atoms with Crippen molar-refractivity contribution in [1.82, 2.24) is 5.32 Å². The smallest absolute Gasteiger partial charge is 0.237 e. The third-order valence-corrected chi connectivity index (χ3v) is 5.33. The average Bonchev–Trinajstić information content (AvgIpc) is 2.74. The van der Waals surface area contributed by atoms with E-state index >= 15 is 0 Å². The summed E-state index contributed by atoms with van der Waals surface area (Å²) in [5, 5.41) is 3.23. The molecule has 0 saturated heterocycles. The van der Waals surface area contributed by atoms with Crippen LogP contribution in [0.4, 0.5) is 0 Å². The zero-order valence-corrected chi connectivity index (χ0v) is 11.5. The molecule has 0 aromatic rings. The quantitative estimate of drug-likeness (QED) is 0.790. The minimum Gasteiger partial charge on any atom is -0.351 e. The van der Waals surface area contributed by atoms with Crippen molar-refractivity contribution in [3.8, 4) is 0 Å². The molecule has 0 radical (unpaired) electrons. The normalized spacial score (nSPS) is 40.3. The van der Waals surface area contributed by atoms with Gasteiger partial charge in [-0.15, -0.1) is 0 Å². The fourth-order valence-electron chi connectivity index (χ4n) is 4.10. The predicted molar refractivity (Wildman–Crippen MR) is 69.4 cm³/mol. The molecular formula is C14H26N2O. The van der Waals surface area contributed by atoms with Crippen LogP contribution in [0.2, 0.25) is 0 Å². The van der Waals surface area contributed by atoms with Gasteiger partial charge in [-0.05, 0) is 42.4 Å². The monoisotopic (exact) mass is 238 g/mol. The van der Waals surface area contributed by atoms with Crippen molar-refractivity contribution in [2.75, 3.05) is 0 Å². The number of rotatable bonds is 3. The fraction of sp³-hybridized carbons (Fsp3) is 0.929. The number of carbonyl (C=O) groups is 1. The Morgan fingerprint density at radius 1 is 1.47 bits per heavy atom. The molecule has 2 aliphatic rings. The topological polar surface area (TPSA) is 55.1 Å². The first kappa shape index (κ1) is 12.9. The SMILES string of the molecule is CC[C@H](N)C(=O)NC1C2(C)CCC(C2)C1(C)C. The maximum Gasteiger partial charge on any atom is 0.237 e. The summed E-state index contributed by atoms with van der Waals surface area (Å²) in [7, 11) is 0. The largest absolute Gasteiger partial charge is 0.351 e. The average molecular weight is 238 g/mol. The maximum atomic E-state index is 12.0. The van der Waals surface area contributed by atoms with E-state index in [2.05, 4.69) is 26.1 Å². The second-order valence-corrected chi connectivity index (χ2v) is 6.87. The van der Waals surface area contributed by atoms with E-state index in [-0.39, 0.29) is 22.8 Å². The van der Waals surface area contributed by atoms with Crippen molar-refractivity contribution in [2.24, 2.45) is 22.5 Å². The number of nitrogens with one attached hydrogen (secondary N) is 1. The van der Waals surface area contributed by atoms with Crippen LogP contribution in [0.25, 0.3) is 0 Å². The van der Waals surface area contributed by atoms with Gasteiger partial charge in [0.05, 0.1) is 6.04 Å². The molecule has 3 unspecified atom stereocenters. The molecule has 2 fully saturated rings. The first-order valence-corrected chi connectivity index (χ1v) is 6.87. The molecule has 2 rings (SSSR count). The molecule has 2 aliphatic carbocycles. The second-order valence-electron chi connectivity index (χ2n) is 6.87. The highest BCUT2D eigenvalue weighted by Gasteiger charge is 2.59. The Morgan fingerprint density at radius 3 is 2.59 bits per heavy atom. The van der Waals surface area contributed by atoms with Gasteiger partial charge >= 0.3 is 0 Å². The van der Waals surface area contributed by atoms with Gasteiger partial charge < -0.3 is 11.1 Å². The molecule has 3 nitrogen and oxygen atoms in total. The lowest BCUT2D eigenvalue weighted by atomic mass is 9.68. The number of carbonyl (C=O) groups excluding carboxylic acids is 1. The van der Waals surface area contributed by atoms with Crippen LogP contribution in [0.1, 0.15) is 53.4 Å². The molecule has 17 heavy (non-hydrogen) atoms. The zero-order chi connectivity index (χ0) is 12.8. The summed E-state index contributed by atoms with van der Waals surface area (Å²) in [5.41, 5.74) is 6.32. The van der Waals surface area contributed by atoms with Crippen LogP contribution in [-0.2, 0) is 4.79 Å². The summed E-state index contributed by atoms with van der Waals surface area (Å²) in [4.78, 5) is 12.0. The molecule has 3 heteroatoms. The van der Waals surface area contributed by atoms with E-state index in [0.29, 0.717) is 12.5 Å². The second kappa shape index (κ2) is 3.98. The van der Waals surface area contributed by atoms with Gasteiger partial charge in [-0.2, -0.15) is 0 Å². The van der Waals surface area contributed by atoms with Crippen LogP contribution < -0.4 is 11.1 Å². The lowest BCUT2D eigenvalue weighted by Gasteiger charge is -2.43. The summed E-state index contributed by atoms with van der Waals surface area (Å²) >= 11 is 0. The zero-order valence-electron chi connectivity index (χ0n) is 11.5. The highest BCUT2D eigenvalue weighted by Crippen LogP contribution is 2.62. The molecule has 0 spiro atoms. The maximum absolute atomic E-state index is 12.0. The van der Waals surface area contributed by atoms with Crippen molar-refractivity contribution < 1.29 is 4.79 Å². The van der Waals surface area contributed by atoms with Crippen molar-refractivity contribution in [3.05, 3.63) is 0 Å². The van der Waals surface area contributed by atoms with Crippen LogP contribution in [0, 0.1) is 16.7 Å². The standard InChI is InChI=1S/C14H26N2O/c1-5-10(15)11(17)16-12-13(2,3)9-6-7-14(12,4)8-9/h9-10,12H,5-8,15H2,1-4H3,(H,16,17)/t9?,10-,12?,14?/m0/s1. The number of hydrogen-bond donors (Lipinski definition) is 2. The van der Waals surface area contributed by atoms with Crippen LogP contribution in [0.15, 0.2) is 0 Å². The number of nitrogens with two attached hydrogens (primary N) is 1. The summed E-state index contributed by atoms with van der Waals surface area (Å²) in [6, 6.07) is -0.0626. The number of hydrogen-bond acceptors (Lipinski definition) is 2. The molecule has 0 heterocycles. The molecule has 2 bridgehead atoms. The lowest BCUT2D eigenvalue weighted by Crippen LogP contribution is -2.55. The van der Waals surface area contributed by atoms with Crippen molar-refractivity contribution in [3.63, 3.8) is 0 Å². The van der Waals surface area contributed by atoms with Gasteiger partial charge in [-0.3, -0.25) is 4.79 Å². The fourth-order valence-corrected chi connectivity index (χ4v) is 4.10. The summed E-state index contributed by atoms with van der Waals surface area (Å²) in [6.45, 7) is 8.87. The van der Waals surface area contributed by atoms with E-state index in [1.165, 1.54) is 19.3 Å². The Morgan fingerprint density at radius 2 is 2.12 bits per heavy atom. The number of fused-ring (bicyclic) bond motifs is 2.